The van der Waals surface area contributed by atoms with Crippen LogP contribution in [-0.4, -0.2) is 15.9 Å². The molecule has 1 atom stereocenters. The standard InChI is InChI=1S/C22H23N3O.C2H6/c1-21(2)9-5-14-17(8-12-21)25-20(26)18(14)19-15-6-10-22(3,4)11-7-16(15)23-13-24-19;1-2/h5-13,18H,1-4H3,(H,25,26);1-2H3. The highest BCUT2D eigenvalue weighted by Crippen LogP contribution is 2.39. The molecule has 1 aromatic rings. The first-order chi connectivity index (χ1) is 13.3. The van der Waals surface area contributed by atoms with Gasteiger partial charge in [-0.15, -0.1) is 0 Å². The van der Waals surface area contributed by atoms with Gasteiger partial charge in [0.2, 0.25) is 5.91 Å². The molecule has 0 saturated carbocycles. The van der Waals surface area contributed by atoms with Crippen molar-refractivity contribution in [2.45, 2.75) is 47.5 Å². The predicted molar refractivity (Wildman–Crippen MR) is 115 cm³/mol. The van der Waals surface area contributed by atoms with Crippen molar-refractivity contribution < 1.29 is 4.79 Å². The second-order valence-electron chi connectivity index (χ2n) is 8.33. The molecule has 0 saturated heterocycles. The summed E-state index contributed by atoms with van der Waals surface area (Å²) in [5, 5.41) is 3.02. The SMILES string of the molecule is CC.CC1(C)C=CC2=C(C=C1)C(c1ncnc3c1C=CC(C)(C)C=C3)C(=O)N2. The molecule has 146 valence electrons. The number of rotatable bonds is 1. The zero-order valence-electron chi connectivity index (χ0n) is 17.6. The van der Waals surface area contributed by atoms with Gasteiger partial charge in [0.15, 0.2) is 0 Å². The molecule has 1 aliphatic heterocycles. The Hall–Kier alpha value is -2.75. The highest BCUT2D eigenvalue weighted by Gasteiger charge is 2.36. The maximum Gasteiger partial charge on any atom is 0.238 e. The first-order valence-corrected chi connectivity index (χ1v) is 9.93. The highest BCUT2D eigenvalue weighted by molar-refractivity contribution is 5.94. The lowest BCUT2D eigenvalue weighted by molar-refractivity contribution is -0.120. The summed E-state index contributed by atoms with van der Waals surface area (Å²) in [6.07, 6.45) is 18.2. The summed E-state index contributed by atoms with van der Waals surface area (Å²) in [6, 6.07) is 0. The molecule has 0 spiro atoms. The van der Waals surface area contributed by atoms with Gasteiger partial charge in [-0.25, -0.2) is 9.97 Å². The van der Waals surface area contributed by atoms with Gasteiger partial charge >= 0.3 is 0 Å². The van der Waals surface area contributed by atoms with E-state index in [-0.39, 0.29) is 16.7 Å². The average molecular weight is 376 g/mol. The van der Waals surface area contributed by atoms with Gasteiger partial charge in [0, 0.05) is 22.1 Å². The lowest BCUT2D eigenvalue weighted by Crippen LogP contribution is -2.22. The Morgan fingerprint density at radius 1 is 0.857 bits per heavy atom. The quantitative estimate of drug-likeness (QED) is 0.735. The molecule has 2 heterocycles. The van der Waals surface area contributed by atoms with E-state index in [2.05, 4.69) is 79.4 Å². The third kappa shape index (κ3) is 3.77. The normalized spacial score (nSPS) is 23.2. The summed E-state index contributed by atoms with van der Waals surface area (Å²) in [7, 11) is 0. The number of carbonyl (C=O) groups is 1. The topological polar surface area (TPSA) is 54.9 Å². The largest absolute Gasteiger partial charge is 0.325 e. The van der Waals surface area contributed by atoms with Crippen molar-refractivity contribution in [3.05, 3.63) is 71.0 Å². The van der Waals surface area contributed by atoms with Crippen LogP contribution in [0.5, 0.6) is 0 Å². The van der Waals surface area contributed by atoms with Crippen molar-refractivity contribution in [3.63, 3.8) is 0 Å². The van der Waals surface area contributed by atoms with Crippen LogP contribution in [-0.2, 0) is 4.79 Å². The predicted octanol–water partition coefficient (Wildman–Crippen LogP) is 5.19. The fourth-order valence-electron chi connectivity index (χ4n) is 3.43. The maximum absolute atomic E-state index is 12.8. The van der Waals surface area contributed by atoms with E-state index in [1.165, 1.54) is 0 Å². The summed E-state index contributed by atoms with van der Waals surface area (Å²) in [4.78, 5) is 21.7. The highest BCUT2D eigenvalue weighted by atomic mass is 16.2. The van der Waals surface area contributed by atoms with Crippen molar-refractivity contribution in [2.24, 2.45) is 10.8 Å². The van der Waals surface area contributed by atoms with Crippen LogP contribution in [0.3, 0.4) is 0 Å². The Bertz CT molecular complexity index is 943. The fraction of sp³-hybridized carbons (Fsp3) is 0.375. The van der Waals surface area contributed by atoms with Crippen LogP contribution in [0.25, 0.3) is 12.2 Å². The molecule has 1 unspecified atom stereocenters. The Balaban J connectivity index is 0.00000109. The van der Waals surface area contributed by atoms with E-state index in [1.54, 1.807) is 6.33 Å². The van der Waals surface area contributed by atoms with E-state index in [4.69, 9.17) is 0 Å². The third-order valence-electron chi connectivity index (χ3n) is 5.08. The van der Waals surface area contributed by atoms with E-state index in [9.17, 15) is 4.79 Å². The van der Waals surface area contributed by atoms with Gasteiger partial charge in [0.1, 0.15) is 12.2 Å². The zero-order chi connectivity index (χ0) is 20.5. The molecule has 0 bridgehead atoms. The van der Waals surface area contributed by atoms with Gasteiger partial charge in [-0.1, -0.05) is 78.0 Å². The van der Waals surface area contributed by atoms with E-state index in [0.717, 1.165) is 28.2 Å². The molecule has 4 heteroatoms. The fourth-order valence-corrected chi connectivity index (χ4v) is 3.43. The molecule has 4 nitrogen and oxygen atoms in total. The summed E-state index contributed by atoms with van der Waals surface area (Å²) in [6.45, 7) is 12.6. The summed E-state index contributed by atoms with van der Waals surface area (Å²) < 4.78 is 0. The van der Waals surface area contributed by atoms with Crippen LogP contribution in [0.15, 0.2) is 54.1 Å². The molecule has 1 aromatic heterocycles. The summed E-state index contributed by atoms with van der Waals surface area (Å²) >= 11 is 0. The second kappa shape index (κ2) is 7.34. The first kappa shape index (κ1) is 20.0. The number of amides is 1. The van der Waals surface area contributed by atoms with E-state index >= 15 is 0 Å². The molecular formula is C24H29N3O. The van der Waals surface area contributed by atoms with Gasteiger partial charge in [-0.2, -0.15) is 0 Å². The number of nitrogens with zero attached hydrogens (tertiary/aromatic N) is 2. The lowest BCUT2D eigenvalue weighted by atomic mass is 9.89. The third-order valence-corrected chi connectivity index (χ3v) is 5.08. The average Bonchev–Trinajstić information content (AvgIpc) is 2.78. The zero-order valence-corrected chi connectivity index (χ0v) is 17.6. The number of aromatic nitrogens is 2. The van der Waals surface area contributed by atoms with Crippen LogP contribution in [0, 0.1) is 10.8 Å². The number of hydrogen-bond donors (Lipinski definition) is 1. The summed E-state index contributed by atoms with van der Waals surface area (Å²) in [5.41, 5.74) is 4.26. The van der Waals surface area contributed by atoms with Gasteiger partial charge in [0.05, 0.1) is 11.4 Å². The number of carbonyl (C=O) groups excluding carboxylic acids is 1. The van der Waals surface area contributed by atoms with Crippen LogP contribution in [0.1, 0.15) is 64.4 Å². The Morgan fingerprint density at radius 3 is 2.18 bits per heavy atom. The minimum Gasteiger partial charge on any atom is -0.325 e. The second-order valence-corrected chi connectivity index (χ2v) is 8.33. The minimum atomic E-state index is -0.421. The summed E-state index contributed by atoms with van der Waals surface area (Å²) in [5.74, 6) is -0.457. The van der Waals surface area contributed by atoms with Gasteiger partial charge < -0.3 is 5.32 Å². The molecule has 2 aliphatic carbocycles. The molecule has 1 N–H and O–H groups in total. The van der Waals surface area contributed by atoms with E-state index in [0.29, 0.717) is 0 Å². The van der Waals surface area contributed by atoms with Crippen LogP contribution in [0.4, 0.5) is 0 Å². The molecule has 1 amide bonds. The van der Waals surface area contributed by atoms with Crippen molar-refractivity contribution in [2.75, 3.05) is 0 Å². The van der Waals surface area contributed by atoms with Crippen LogP contribution in [0.2, 0.25) is 0 Å². The van der Waals surface area contributed by atoms with Crippen molar-refractivity contribution in [3.8, 4) is 0 Å². The van der Waals surface area contributed by atoms with Crippen LogP contribution >= 0.6 is 0 Å². The minimum absolute atomic E-state index is 0.0363. The number of nitrogens with one attached hydrogen (secondary N) is 1. The smallest absolute Gasteiger partial charge is 0.238 e. The van der Waals surface area contributed by atoms with Crippen molar-refractivity contribution in [1.82, 2.24) is 15.3 Å². The number of hydrogen-bond acceptors (Lipinski definition) is 3. The first-order valence-electron chi connectivity index (χ1n) is 9.93. The maximum atomic E-state index is 12.8. The Kier molecular flexibility index (Phi) is 5.24. The molecular weight excluding hydrogens is 346 g/mol. The van der Waals surface area contributed by atoms with Gasteiger partial charge in [-0.3, -0.25) is 4.79 Å². The number of fused-ring (bicyclic) bond motifs is 1. The Labute approximate surface area is 167 Å². The molecule has 4 rings (SSSR count). The molecule has 0 radical (unpaired) electrons. The van der Waals surface area contributed by atoms with Crippen molar-refractivity contribution in [1.29, 1.82) is 0 Å². The van der Waals surface area contributed by atoms with E-state index < -0.39 is 5.92 Å². The van der Waals surface area contributed by atoms with Crippen LogP contribution < -0.4 is 5.32 Å². The monoisotopic (exact) mass is 375 g/mol. The Morgan fingerprint density at radius 2 is 1.46 bits per heavy atom. The van der Waals surface area contributed by atoms with E-state index in [1.807, 2.05) is 26.0 Å². The molecule has 3 aliphatic rings. The van der Waals surface area contributed by atoms with Gasteiger partial charge in [0.25, 0.3) is 0 Å². The molecule has 0 fully saturated rings. The molecule has 28 heavy (non-hydrogen) atoms. The van der Waals surface area contributed by atoms with Gasteiger partial charge in [-0.05, 0) is 17.7 Å². The molecule has 0 aromatic carbocycles. The van der Waals surface area contributed by atoms with Crippen molar-refractivity contribution >= 4 is 18.1 Å². The number of allylic oxidation sites excluding steroid dienone is 6. The lowest BCUT2D eigenvalue weighted by Gasteiger charge is -2.16.